The Morgan fingerprint density at radius 1 is 1.04 bits per heavy atom. The van der Waals surface area contributed by atoms with Gasteiger partial charge in [-0.2, -0.15) is 0 Å². The molecular weight excluding hydrogens is 299 g/mol. The van der Waals surface area contributed by atoms with Gasteiger partial charge in [0.2, 0.25) is 0 Å². The lowest BCUT2D eigenvalue weighted by atomic mass is 10.2. The lowest BCUT2D eigenvalue weighted by Crippen LogP contribution is -2.19. The number of amides is 2. The first-order valence-corrected chi connectivity index (χ1v) is 7.11. The SMILES string of the molecule is CCOC(=O)c1ccc(NC(=O)Nc2ccc(F)c(C)c2)cc1. The largest absolute Gasteiger partial charge is 0.462 e. The summed E-state index contributed by atoms with van der Waals surface area (Å²) >= 11 is 0. The van der Waals surface area contributed by atoms with Gasteiger partial charge in [-0.05, 0) is 61.9 Å². The van der Waals surface area contributed by atoms with Crippen LogP contribution >= 0.6 is 0 Å². The number of urea groups is 1. The summed E-state index contributed by atoms with van der Waals surface area (Å²) in [5, 5.41) is 5.23. The van der Waals surface area contributed by atoms with Crippen molar-refractivity contribution in [2.45, 2.75) is 13.8 Å². The van der Waals surface area contributed by atoms with E-state index in [0.29, 0.717) is 29.1 Å². The molecule has 2 rings (SSSR count). The zero-order valence-electron chi connectivity index (χ0n) is 12.9. The van der Waals surface area contributed by atoms with Crippen LogP contribution in [-0.2, 0) is 4.74 Å². The second-order valence-electron chi connectivity index (χ2n) is 4.84. The minimum Gasteiger partial charge on any atom is -0.462 e. The molecule has 0 aliphatic rings. The smallest absolute Gasteiger partial charge is 0.338 e. The number of anilines is 2. The van der Waals surface area contributed by atoms with Gasteiger partial charge in [-0.25, -0.2) is 14.0 Å². The van der Waals surface area contributed by atoms with Crippen molar-refractivity contribution in [1.29, 1.82) is 0 Å². The molecule has 0 aliphatic heterocycles. The van der Waals surface area contributed by atoms with Crippen molar-refractivity contribution in [1.82, 2.24) is 0 Å². The van der Waals surface area contributed by atoms with Crippen LogP contribution in [0.4, 0.5) is 20.6 Å². The van der Waals surface area contributed by atoms with Crippen LogP contribution in [-0.4, -0.2) is 18.6 Å². The van der Waals surface area contributed by atoms with Crippen molar-refractivity contribution >= 4 is 23.4 Å². The quantitative estimate of drug-likeness (QED) is 0.839. The van der Waals surface area contributed by atoms with Crippen molar-refractivity contribution in [2.24, 2.45) is 0 Å². The highest BCUT2D eigenvalue weighted by molar-refractivity contribution is 6.00. The molecule has 2 amide bonds. The summed E-state index contributed by atoms with van der Waals surface area (Å²) in [6.45, 7) is 3.65. The average Bonchev–Trinajstić information content (AvgIpc) is 2.52. The van der Waals surface area contributed by atoms with Gasteiger partial charge < -0.3 is 15.4 Å². The molecule has 0 unspecified atom stereocenters. The molecule has 0 aliphatic carbocycles. The van der Waals surface area contributed by atoms with Crippen LogP contribution in [0.3, 0.4) is 0 Å². The van der Waals surface area contributed by atoms with Crippen LogP contribution in [0.5, 0.6) is 0 Å². The van der Waals surface area contributed by atoms with Gasteiger partial charge in [-0.15, -0.1) is 0 Å². The first kappa shape index (κ1) is 16.5. The van der Waals surface area contributed by atoms with Crippen molar-refractivity contribution < 1.29 is 18.7 Å². The van der Waals surface area contributed by atoms with Crippen LogP contribution < -0.4 is 10.6 Å². The number of halogens is 1. The fraction of sp³-hybridized carbons (Fsp3) is 0.176. The molecule has 2 aromatic rings. The second-order valence-corrected chi connectivity index (χ2v) is 4.84. The van der Waals surface area contributed by atoms with Gasteiger partial charge in [-0.3, -0.25) is 0 Å². The van der Waals surface area contributed by atoms with Gasteiger partial charge in [0.25, 0.3) is 0 Å². The van der Waals surface area contributed by atoms with Gasteiger partial charge in [-0.1, -0.05) is 0 Å². The Balaban J connectivity index is 1.97. The lowest BCUT2D eigenvalue weighted by molar-refractivity contribution is 0.0526. The third kappa shape index (κ3) is 4.54. The summed E-state index contributed by atoms with van der Waals surface area (Å²) in [6.07, 6.45) is 0. The van der Waals surface area contributed by atoms with Gasteiger partial charge in [0.1, 0.15) is 5.82 Å². The van der Waals surface area contributed by atoms with E-state index in [2.05, 4.69) is 10.6 Å². The summed E-state index contributed by atoms with van der Waals surface area (Å²) in [4.78, 5) is 23.4. The number of hydrogen-bond donors (Lipinski definition) is 2. The number of carbonyl (C=O) groups is 2. The predicted molar refractivity (Wildman–Crippen MR) is 86.2 cm³/mol. The Labute approximate surface area is 133 Å². The Bertz CT molecular complexity index is 714. The summed E-state index contributed by atoms with van der Waals surface area (Å²) in [5.74, 6) is -0.740. The summed E-state index contributed by atoms with van der Waals surface area (Å²) in [7, 11) is 0. The zero-order chi connectivity index (χ0) is 16.8. The summed E-state index contributed by atoms with van der Waals surface area (Å²) in [6, 6.07) is 10.2. The van der Waals surface area contributed by atoms with Crippen molar-refractivity contribution in [3.8, 4) is 0 Å². The average molecular weight is 316 g/mol. The van der Waals surface area contributed by atoms with E-state index in [0.717, 1.165) is 0 Å². The molecule has 0 spiro atoms. The Hall–Kier alpha value is -2.89. The highest BCUT2D eigenvalue weighted by atomic mass is 19.1. The highest BCUT2D eigenvalue weighted by Gasteiger charge is 2.08. The molecule has 2 N–H and O–H groups in total. The molecule has 0 fully saturated rings. The van der Waals surface area contributed by atoms with E-state index < -0.39 is 12.0 Å². The zero-order valence-corrected chi connectivity index (χ0v) is 12.9. The first-order chi connectivity index (χ1) is 11.0. The third-order valence-electron chi connectivity index (χ3n) is 3.07. The van der Waals surface area contributed by atoms with Crippen LogP contribution in [0, 0.1) is 12.7 Å². The summed E-state index contributed by atoms with van der Waals surface area (Å²) < 4.78 is 18.1. The highest BCUT2D eigenvalue weighted by Crippen LogP contribution is 2.15. The molecule has 23 heavy (non-hydrogen) atoms. The predicted octanol–water partition coefficient (Wildman–Crippen LogP) is 3.95. The number of benzene rings is 2. The normalized spacial score (nSPS) is 10.0. The molecule has 120 valence electrons. The number of esters is 1. The molecular formula is C17H17FN2O3. The maximum Gasteiger partial charge on any atom is 0.338 e. The van der Waals surface area contributed by atoms with E-state index >= 15 is 0 Å². The maximum atomic E-state index is 13.2. The third-order valence-corrected chi connectivity index (χ3v) is 3.07. The van der Waals surface area contributed by atoms with E-state index in [-0.39, 0.29) is 5.82 Å². The van der Waals surface area contributed by atoms with Crippen LogP contribution in [0.25, 0.3) is 0 Å². The minimum absolute atomic E-state index is 0.304. The molecule has 5 nitrogen and oxygen atoms in total. The molecule has 0 bridgehead atoms. The Kier molecular flexibility index (Phi) is 5.30. The monoisotopic (exact) mass is 316 g/mol. The first-order valence-electron chi connectivity index (χ1n) is 7.11. The Morgan fingerprint density at radius 2 is 1.65 bits per heavy atom. The second kappa shape index (κ2) is 7.40. The molecule has 0 aromatic heterocycles. The molecule has 2 aromatic carbocycles. The van der Waals surface area contributed by atoms with Gasteiger partial charge >= 0.3 is 12.0 Å². The molecule has 6 heteroatoms. The fourth-order valence-electron chi connectivity index (χ4n) is 1.92. The fourth-order valence-corrected chi connectivity index (χ4v) is 1.92. The van der Waals surface area contributed by atoms with E-state index in [4.69, 9.17) is 4.74 Å². The van der Waals surface area contributed by atoms with Crippen molar-refractivity contribution in [3.05, 3.63) is 59.4 Å². The van der Waals surface area contributed by atoms with Crippen molar-refractivity contribution in [2.75, 3.05) is 17.2 Å². The van der Waals surface area contributed by atoms with E-state index in [1.807, 2.05) is 0 Å². The lowest BCUT2D eigenvalue weighted by Gasteiger charge is -2.09. The number of carbonyl (C=O) groups excluding carboxylic acids is 2. The van der Waals surface area contributed by atoms with E-state index in [1.165, 1.54) is 12.1 Å². The molecule has 0 saturated carbocycles. The van der Waals surface area contributed by atoms with Crippen LogP contribution in [0.1, 0.15) is 22.8 Å². The van der Waals surface area contributed by atoms with Crippen LogP contribution in [0.2, 0.25) is 0 Å². The maximum absolute atomic E-state index is 13.2. The number of hydrogen-bond acceptors (Lipinski definition) is 3. The number of aryl methyl sites for hydroxylation is 1. The number of rotatable bonds is 4. The molecule has 0 radical (unpaired) electrons. The van der Waals surface area contributed by atoms with Gasteiger partial charge in [0.15, 0.2) is 0 Å². The minimum atomic E-state index is -0.458. The molecule has 0 saturated heterocycles. The standard InChI is InChI=1S/C17H17FN2O3/c1-3-23-16(21)12-4-6-13(7-5-12)19-17(22)20-14-8-9-15(18)11(2)10-14/h4-10H,3H2,1-2H3,(H2,19,20,22). The summed E-state index contributed by atoms with van der Waals surface area (Å²) in [5.41, 5.74) is 1.87. The van der Waals surface area contributed by atoms with Gasteiger partial charge in [0.05, 0.1) is 12.2 Å². The van der Waals surface area contributed by atoms with Crippen molar-refractivity contribution in [3.63, 3.8) is 0 Å². The number of ether oxygens (including phenoxy) is 1. The molecule has 0 atom stereocenters. The van der Waals surface area contributed by atoms with Gasteiger partial charge in [0, 0.05) is 11.4 Å². The molecule has 0 heterocycles. The van der Waals surface area contributed by atoms with Crippen LogP contribution in [0.15, 0.2) is 42.5 Å². The topological polar surface area (TPSA) is 67.4 Å². The van der Waals surface area contributed by atoms with E-state index in [1.54, 1.807) is 44.2 Å². The Morgan fingerprint density at radius 3 is 2.26 bits per heavy atom. The number of nitrogens with one attached hydrogen (secondary N) is 2. The van der Waals surface area contributed by atoms with E-state index in [9.17, 15) is 14.0 Å².